The first kappa shape index (κ1) is 14.4. The van der Waals surface area contributed by atoms with Gasteiger partial charge in [-0.25, -0.2) is 4.98 Å². The van der Waals surface area contributed by atoms with Crippen LogP contribution in [0.2, 0.25) is 5.02 Å². The Labute approximate surface area is 129 Å². The fraction of sp³-hybridized carbons (Fsp3) is 0.467. The van der Waals surface area contributed by atoms with Crippen molar-refractivity contribution in [3.8, 4) is 11.6 Å². The van der Waals surface area contributed by atoms with Gasteiger partial charge in [0.2, 0.25) is 5.88 Å². The average molecular weight is 307 g/mol. The molecule has 21 heavy (non-hydrogen) atoms. The lowest BCUT2D eigenvalue weighted by molar-refractivity contribution is 0.460. The summed E-state index contributed by atoms with van der Waals surface area (Å²) in [5.74, 6) is 1.24. The second-order valence-electron chi connectivity index (χ2n) is 5.31. The summed E-state index contributed by atoms with van der Waals surface area (Å²) in [6.45, 7) is 3.74. The Morgan fingerprint density at radius 3 is 3.05 bits per heavy atom. The molecule has 5 nitrogen and oxygen atoms in total. The Balaban J connectivity index is 1.67. The SMILES string of the molecule is CCCn1cc(Oc2cc(CNC3CC3)c(Cl)cn2)cn1. The minimum atomic E-state index is 0.544. The number of aryl methyl sites for hydroxylation is 1. The Kier molecular flexibility index (Phi) is 4.41. The highest BCUT2D eigenvalue weighted by atomic mass is 35.5. The lowest BCUT2D eigenvalue weighted by Crippen LogP contribution is -2.15. The number of hydrogen-bond donors (Lipinski definition) is 1. The molecule has 3 rings (SSSR count). The minimum absolute atomic E-state index is 0.544. The standard InChI is InChI=1S/C15H19ClN4O/c1-2-5-20-10-13(8-19-20)21-15-6-11(14(16)9-18-15)7-17-12-3-4-12/h6,8-10,12,17H,2-5,7H2,1H3. The van der Waals surface area contributed by atoms with Crippen molar-refractivity contribution in [3.05, 3.63) is 35.2 Å². The molecule has 1 fully saturated rings. The monoisotopic (exact) mass is 306 g/mol. The van der Waals surface area contributed by atoms with Gasteiger partial charge < -0.3 is 10.1 Å². The zero-order valence-corrected chi connectivity index (χ0v) is 12.8. The van der Waals surface area contributed by atoms with Gasteiger partial charge >= 0.3 is 0 Å². The van der Waals surface area contributed by atoms with Crippen molar-refractivity contribution in [2.45, 2.75) is 45.3 Å². The molecule has 1 aliphatic carbocycles. The molecule has 1 aliphatic rings. The van der Waals surface area contributed by atoms with Crippen molar-refractivity contribution >= 4 is 11.6 Å². The van der Waals surface area contributed by atoms with E-state index in [9.17, 15) is 0 Å². The molecule has 0 bridgehead atoms. The van der Waals surface area contributed by atoms with E-state index in [0.717, 1.165) is 25.1 Å². The highest BCUT2D eigenvalue weighted by molar-refractivity contribution is 6.31. The van der Waals surface area contributed by atoms with Crippen LogP contribution in [0.5, 0.6) is 11.6 Å². The van der Waals surface area contributed by atoms with E-state index in [2.05, 4.69) is 22.3 Å². The lowest BCUT2D eigenvalue weighted by atomic mass is 10.2. The summed E-state index contributed by atoms with van der Waals surface area (Å²) >= 11 is 6.17. The van der Waals surface area contributed by atoms with Crippen molar-refractivity contribution in [2.24, 2.45) is 0 Å². The van der Waals surface area contributed by atoms with E-state index in [4.69, 9.17) is 16.3 Å². The Morgan fingerprint density at radius 1 is 1.43 bits per heavy atom. The van der Waals surface area contributed by atoms with Gasteiger partial charge in [0, 0.05) is 31.4 Å². The van der Waals surface area contributed by atoms with Crippen molar-refractivity contribution in [2.75, 3.05) is 0 Å². The van der Waals surface area contributed by atoms with E-state index in [0.29, 0.717) is 22.7 Å². The van der Waals surface area contributed by atoms with Crippen LogP contribution in [0.4, 0.5) is 0 Å². The summed E-state index contributed by atoms with van der Waals surface area (Å²) in [7, 11) is 0. The van der Waals surface area contributed by atoms with Gasteiger partial charge in [-0.05, 0) is 24.8 Å². The van der Waals surface area contributed by atoms with Crippen molar-refractivity contribution in [1.82, 2.24) is 20.1 Å². The fourth-order valence-electron chi connectivity index (χ4n) is 2.06. The van der Waals surface area contributed by atoms with Crippen LogP contribution in [0.15, 0.2) is 24.7 Å². The number of rotatable bonds is 7. The molecule has 0 amide bonds. The lowest BCUT2D eigenvalue weighted by Gasteiger charge is -2.08. The van der Waals surface area contributed by atoms with Crippen LogP contribution in [-0.2, 0) is 13.1 Å². The number of pyridine rings is 1. The molecule has 0 saturated heterocycles. The van der Waals surface area contributed by atoms with Gasteiger partial charge in [-0.3, -0.25) is 4.68 Å². The first-order valence-electron chi connectivity index (χ1n) is 7.32. The second-order valence-corrected chi connectivity index (χ2v) is 5.72. The molecule has 0 spiro atoms. The van der Waals surface area contributed by atoms with Crippen LogP contribution in [0.1, 0.15) is 31.7 Å². The summed E-state index contributed by atoms with van der Waals surface area (Å²) in [5, 5.41) is 8.34. The quantitative estimate of drug-likeness (QED) is 0.852. The summed E-state index contributed by atoms with van der Waals surface area (Å²) in [6.07, 6.45) is 8.76. The zero-order chi connectivity index (χ0) is 14.7. The predicted octanol–water partition coefficient (Wildman–Crippen LogP) is 3.39. The summed E-state index contributed by atoms with van der Waals surface area (Å²) < 4.78 is 7.60. The first-order valence-corrected chi connectivity index (χ1v) is 7.70. The fourth-order valence-corrected chi connectivity index (χ4v) is 2.23. The predicted molar refractivity (Wildman–Crippen MR) is 81.7 cm³/mol. The van der Waals surface area contributed by atoms with Crippen molar-refractivity contribution in [3.63, 3.8) is 0 Å². The number of nitrogens with one attached hydrogen (secondary N) is 1. The number of ether oxygens (including phenoxy) is 1. The second kappa shape index (κ2) is 6.45. The topological polar surface area (TPSA) is 52.0 Å². The number of hydrogen-bond acceptors (Lipinski definition) is 4. The molecule has 112 valence electrons. The third kappa shape index (κ3) is 3.95. The van der Waals surface area contributed by atoms with E-state index < -0.39 is 0 Å². The molecule has 2 aromatic heterocycles. The van der Waals surface area contributed by atoms with Gasteiger partial charge in [-0.15, -0.1) is 0 Å². The summed E-state index contributed by atoms with van der Waals surface area (Å²) in [6, 6.07) is 2.53. The van der Waals surface area contributed by atoms with E-state index in [1.165, 1.54) is 12.8 Å². The van der Waals surface area contributed by atoms with E-state index >= 15 is 0 Å². The molecule has 2 heterocycles. The van der Waals surface area contributed by atoms with Gasteiger partial charge in [-0.2, -0.15) is 5.10 Å². The number of aromatic nitrogens is 3. The maximum Gasteiger partial charge on any atom is 0.219 e. The average Bonchev–Trinajstić information content (AvgIpc) is 3.20. The number of halogens is 1. The van der Waals surface area contributed by atoms with Crippen LogP contribution in [0, 0.1) is 0 Å². The van der Waals surface area contributed by atoms with Crippen LogP contribution < -0.4 is 10.1 Å². The third-order valence-corrected chi connectivity index (χ3v) is 3.69. The molecule has 2 aromatic rings. The Hall–Kier alpha value is -1.59. The highest BCUT2D eigenvalue weighted by Gasteiger charge is 2.20. The van der Waals surface area contributed by atoms with Crippen molar-refractivity contribution < 1.29 is 4.74 Å². The van der Waals surface area contributed by atoms with Gasteiger partial charge in [0.15, 0.2) is 5.75 Å². The summed E-state index contributed by atoms with van der Waals surface area (Å²) in [5.41, 5.74) is 1.01. The largest absolute Gasteiger partial charge is 0.436 e. The first-order chi connectivity index (χ1) is 10.2. The molecule has 1 saturated carbocycles. The molecular weight excluding hydrogens is 288 g/mol. The van der Waals surface area contributed by atoms with E-state index in [-0.39, 0.29) is 0 Å². The van der Waals surface area contributed by atoms with E-state index in [1.807, 2.05) is 16.9 Å². The van der Waals surface area contributed by atoms with Gasteiger partial charge in [-0.1, -0.05) is 18.5 Å². The zero-order valence-electron chi connectivity index (χ0n) is 12.1. The smallest absolute Gasteiger partial charge is 0.219 e. The molecule has 0 unspecified atom stereocenters. The molecule has 0 aromatic carbocycles. The molecule has 0 aliphatic heterocycles. The molecule has 0 atom stereocenters. The molecule has 1 N–H and O–H groups in total. The maximum atomic E-state index is 6.17. The number of nitrogens with zero attached hydrogens (tertiary/aromatic N) is 3. The highest BCUT2D eigenvalue weighted by Crippen LogP contribution is 2.25. The van der Waals surface area contributed by atoms with E-state index in [1.54, 1.807) is 12.4 Å². The van der Waals surface area contributed by atoms with Crippen LogP contribution in [0.25, 0.3) is 0 Å². The Bertz CT molecular complexity index is 609. The third-order valence-electron chi connectivity index (χ3n) is 3.35. The normalized spacial score (nSPS) is 14.4. The summed E-state index contributed by atoms with van der Waals surface area (Å²) in [4.78, 5) is 4.21. The van der Waals surface area contributed by atoms with Crippen LogP contribution >= 0.6 is 11.6 Å². The van der Waals surface area contributed by atoms with Gasteiger partial charge in [0.25, 0.3) is 0 Å². The maximum absolute atomic E-state index is 6.17. The Morgan fingerprint density at radius 2 is 2.29 bits per heavy atom. The van der Waals surface area contributed by atoms with Crippen LogP contribution in [-0.4, -0.2) is 20.8 Å². The van der Waals surface area contributed by atoms with Crippen molar-refractivity contribution in [1.29, 1.82) is 0 Å². The van der Waals surface area contributed by atoms with Gasteiger partial charge in [0.05, 0.1) is 17.4 Å². The minimum Gasteiger partial charge on any atom is -0.436 e. The molecular formula is C15H19ClN4O. The van der Waals surface area contributed by atoms with Crippen LogP contribution in [0.3, 0.4) is 0 Å². The van der Waals surface area contributed by atoms with Gasteiger partial charge in [0.1, 0.15) is 0 Å². The molecule has 6 heteroatoms. The molecule has 0 radical (unpaired) electrons.